The minimum atomic E-state index is 0.344. The Hall–Kier alpha value is -0.630. The molecule has 1 fully saturated rings. The standard InChI is InChI=1S/C11H14OS/c1-7-6-8(2)13-11(7)10(12)9-4-3-5-9/h6,9H,3-5H2,1-2H3. The molecule has 0 atom stereocenters. The summed E-state index contributed by atoms with van der Waals surface area (Å²) in [5, 5.41) is 0. The minimum absolute atomic E-state index is 0.344. The number of Topliss-reactive ketones (excluding diaryl/α,β-unsaturated/α-hetero) is 1. The monoisotopic (exact) mass is 194 g/mol. The molecule has 1 aliphatic carbocycles. The molecule has 0 radical (unpaired) electrons. The predicted octanol–water partition coefficient (Wildman–Crippen LogP) is 3.35. The lowest BCUT2D eigenvalue weighted by Gasteiger charge is -2.23. The van der Waals surface area contributed by atoms with Crippen LogP contribution in [0, 0.1) is 19.8 Å². The van der Waals surface area contributed by atoms with Gasteiger partial charge in [0, 0.05) is 10.8 Å². The molecule has 1 aromatic rings. The van der Waals surface area contributed by atoms with Crippen molar-refractivity contribution in [3.8, 4) is 0 Å². The van der Waals surface area contributed by atoms with Crippen molar-refractivity contribution < 1.29 is 4.79 Å². The Morgan fingerprint density at radius 1 is 1.46 bits per heavy atom. The van der Waals surface area contributed by atoms with Gasteiger partial charge in [0.2, 0.25) is 0 Å². The summed E-state index contributed by atoms with van der Waals surface area (Å²) < 4.78 is 0. The summed E-state index contributed by atoms with van der Waals surface area (Å²) in [4.78, 5) is 14.1. The average Bonchev–Trinajstić information content (AvgIpc) is 2.26. The highest BCUT2D eigenvalue weighted by molar-refractivity contribution is 7.14. The van der Waals surface area contributed by atoms with Gasteiger partial charge in [-0.2, -0.15) is 0 Å². The number of carbonyl (C=O) groups is 1. The average molecular weight is 194 g/mol. The Bertz CT molecular complexity index is 334. The number of thiophene rings is 1. The van der Waals surface area contributed by atoms with Crippen LogP contribution in [0.5, 0.6) is 0 Å². The van der Waals surface area contributed by atoms with E-state index in [9.17, 15) is 4.79 Å². The molecule has 2 heteroatoms. The highest BCUT2D eigenvalue weighted by Crippen LogP contribution is 2.33. The van der Waals surface area contributed by atoms with Crippen molar-refractivity contribution in [2.24, 2.45) is 5.92 Å². The Morgan fingerprint density at radius 2 is 2.15 bits per heavy atom. The van der Waals surface area contributed by atoms with E-state index < -0.39 is 0 Å². The van der Waals surface area contributed by atoms with E-state index in [2.05, 4.69) is 13.0 Å². The maximum absolute atomic E-state index is 11.9. The van der Waals surface area contributed by atoms with Crippen molar-refractivity contribution in [1.29, 1.82) is 0 Å². The molecule has 0 bridgehead atoms. The van der Waals surface area contributed by atoms with Crippen molar-refractivity contribution in [1.82, 2.24) is 0 Å². The highest BCUT2D eigenvalue weighted by Gasteiger charge is 2.27. The van der Waals surface area contributed by atoms with Crippen molar-refractivity contribution in [2.75, 3.05) is 0 Å². The van der Waals surface area contributed by atoms with Gasteiger partial charge in [-0.25, -0.2) is 0 Å². The van der Waals surface area contributed by atoms with Crippen LogP contribution >= 0.6 is 11.3 Å². The molecule has 0 spiro atoms. The third-order valence-electron chi connectivity index (χ3n) is 2.74. The fourth-order valence-electron chi connectivity index (χ4n) is 1.74. The van der Waals surface area contributed by atoms with E-state index in [4.69, 9.17) is 0 Å². The summed E-state index contributed by atoms with van der Waals surface area (Å²) in [6.45, 7) is 4.10. The number of aryl methyl sites for hydroxylation is 2. The first kappa shape index (κ1) is 8.95. The second-order valence-corrected chi connectivity index (χ2v) is 5.12. The van der Waals surface area contributed by atoms with Crippen LogP contribution in [0.15, 0.2) is 6.07 Å². The molecule has 1 aromatic heterocycles. The lowest BCUT2D eigenvalue weighted by atomic mass is 9.81. The van der Waals surface area contributed by atoms with E-state index in [1.54, 1.807) is 11.3 Å². The van der Waals surface area contributed by atoms with Gasteiger partial charge in [0.05, 0.1) is 4.88 Å². The molecule has 1 nitrogen and oxygen atoms in total. The first-order chi connectivity index (χ1) is 6.18. The molecule has 0 amide bonds. The lowest BCUT2D eigenvalue weighted by molar-refractivity contribution is 0.0859. The number of carbonyl (C=O) groups excluding carboxylic acids is 1. The third-order valence-corrected chi connectivity index (χ3v) is 3.91. The maximum Gasteiger partial charge on any atom is 0.176 e. The molecule has 0 aromatic carbocycles. The van der Waals surface area contributed by atoms with Crippen molar-refractivity contribution in [3.63, 3.8) is 0 Å². The first-order valence-corrected chi connectivity index (χ1v) is 5.61. The van der Waals surface area contributed by atoms with Crippen LogP contribution < -0.4 is 0 Å². The van der Waals surface area contributed by atoms with E-state index >= 15 is 0 Å². The molecular weight excluding hydrogens is 180 g/mol. The van der Waals surface area contributed by atoms with Gasteiger partial charge >= 0.3 is 0 Å². The Balaban J connectivity index is 2.23. The van der Waals surface area contributed by atoms with Crippen LogP contribution in [0.3, 0.4) is 0 Å². The van der Waals surface area contributed by atoms with E-state index in [-0.39, 0.29) is 0 Å². The van der Waals surface area contributed by atoms with E-state index in [1.807, 2.05) is 6.92 Å². The fraction of sp³-hybridized carbons (Fsp3) is 0.545. The largest absolute Gasteiger partial charge is 0.293 e. The molecule has 1 heterocycles. The Morgan fingerprint density at radius 3 is 2.54 bits per heavy atom. The fourth-order valence-corrected chi connectivity index (χ4v) is 2.79. The normalized spacial score (nSPS) is 17.1. The minimum Gasteiger partial charge on any atom is -0.293 e. The third kappa shape index (κ3) is 1.55. The molecule has 13 heavy (non-hydrogen) atoms. The number of rotatable bonds is 2. The van der Waals surface area contributed by atoms with Gasteiger partial charge in [0.25, 0.3) is 0 Å². The van der Waals surface area contributed by atoms with Gasteiger partial charge in [0.15, 0.2) is 5.78 Å². The SMILES string of the molecule is Cc1cc(C)c(C(=O)C2CCC2)s1. The van der Waals surface area contributed by atoms with Crippen LogP contribution in [0.2, 0.25) is 0 Å². The van der Waals surface area contributed by atoms with E-state index in [0.717, 1.165) is 17.7 Å². The smallest absolute Gasteiger partial charge is 0.176 e. The van der Waals surface area contributed by atoms with Crippen LogP contribution in [0.25, 0.3) is 0 Å². The first-order valence-electron chi connectivity index (χ1n) is 4.79. The molecular formula is C11H14OS. The second-order valence-electron chi connectivity index (χ2n) is 3.86. The van der Waals surface area contributed by atoms with Crippen molar-refractivity contribution in [3.05, 3.63) is 21.4 Å². The predicted molar refractivity (Wildman–Crippen MR) is 55.5 cm³/mol. The summed E-state index contributed by atoms with van der Waals surface area (Å²) >= 11 is 1.65. The van der Waals surface area contributed by atoms with Gasteiger partial charge in [-0.1, -0.05) is 6.42 Å². The molecule has 0 N–H and O–H groups in total. The summed E-state index contributed by atoms with van der Waals surface area (Å²) in [7, 11) is 0. The quantitative estimate of drug-likeness (QED) is 0.660. The molecule has 0 aliphatic heterocycles. The zero-order valence-corrected chi connectivity index (χ0v) is 8.91. The Kier molecular flexibility index (Phi) is 2.24. The zero-order valence-electron chi connectivity index (χ0n) is 8.09. The van der Waals surface area contributed by atoms with Gasteiger partial charge in [0.1, 0.15) is 0 Å². The molecule has 1 aliphatic rings. The van der Waals surface area contributed by atoms with Gasteiger partial charge in [-0.15, -0.1) is 11.3 Å². The topological polar surface area (TPSA) is 17.1 Å². The molecule has 70 valence electrons. The maximum atomic E-state index is 11.9. The number of hydrogen-bond donors (Lipinski definition) is 0. The molecule has 0 unspecified atom stereocenters. The van der Waals surface area contributed by atoms with Crippen LogP contribution in [-0.2, 0) is 0 Å². The van der Waals surface area contributed by atoms with Crippen LogP contribution in [0.4, 0.5) is 0 Å². The second kappa shape index (κ2) is 3.26. The summed E-state index contributed by atoms with van der Waals surface area (Å²) in [6, 6.07) is 2.11. The van der Waals surface area contributed by atoms with E-state index in [0.29, 0.717) is 11.7 Å². The van der Waals surface area contributed by atoms with Crippen molar-refractivity contribution >= 4 is 17.1 Å². The molecule has 0 saturated heterocycles. The Labute approximate surface area is 82.8 Å². The highest BCUT2D eigenvalue weighted by atomic mass is 32.1. The van der Waals surface area contributed by atoms with Gasteiger partial charge in [-0.3, -0.25) is 4.79 Å². The lowest BCUT2D eigenvalue weighted by Crippen LogP contribution is -2.21. The summed E-state index contributed by atoms with van der Waals surface area (Å²) in [5.74, 6) is 0.735. The van der Waals surface area contributed by atoms with Crippen LogP contribution in [0.1, 0.15) is 39.4 Å². The molecule has 1 saturated carbocycles. The zero-order chi connectivity index (χ0) is 9.42. The van der Waals surface area contributed by atoms with Crippen molar-refractivity contribution in [2.45, 2.75) is 33.1 Å². The van der Waals surface area contributed by atoms with E-state index in [1.165, 1.54) is 16.9 Å². The summed E-state index contributed by atoms with van der Waals surface area (Å²) in [6.07, 6.45) is 3.45. The van der Waals surface area contributed by atoms with Gasteiger partial charge < -0.3 is 0 Å². The summed E-state index contributed by atoms with van der Waals surface area (Å²) in [5.41, 5.74) is 1.17. The molecule has 2 rings (SSSR count). The number of ketones is 1. The van der Waals surface area contributed by atoms with Crippen LogP contribution in [-0.4, -0.2) is 5.78 Å². The van der Waals surface area contributed by atoms with Gasteiger partial charge in [-0.05, 0) is 38.3 Å². The number of hydrogen-bond acceptors (Lipinski definition) is 2.